The molecule has 0 radical (unpaired) electrons. The van der Waals surface area contributed by atoms with E-state index in [9.17, 15) is 5.11 Å². The van der Waals surface area contributed by atoms with Gasteiger partial charge in [0, 0.05) is 30.5 Å². The predicted molar refractivity (Wildman–Crippen MR) is 93.6 cm³/mol. The molecule has 2 aliphatic rings. The second-order valence-corrected chi connectivity index (χ2v) is 6.73. The van der Waals surface area contributed by atoms with Gasteiger partial charge in [0.2, 0.25) is 0 Å². The molecule has 3 atom stereocenters. The first kappa shape index (κ1) is 15.7. The van der Waals surface area contributed by atoms with Crippen LogP contribution in [0.5, 0.6) is 5.75 Å². The molecule has 3 heterocycles. The molecular weight excluding hydrogens is 304 g/mol. The average Bonchev–Trinajstić information content (AvgIpc) is 3.10. The van der Waals surface area contributed by atoms with Gasteiger partial charge in [-0.3, -0.25) is 0 Å². The van der Waals surface area contributed by atoms with Gasteiger partial charge in [-0.15, -0.1) is 0 Å². The van der Waals surface area contributed by atoms with Crippen molar-refractivity contribution in [3.05, 3.63) is 30.3 Å². The zero-order chi connectivity index (χ0) is 16.5. The highest BCUT2D eigenvalue weighted by Crippen LogP contribution is 2.33. The first-order chi connectivity index (χ1) is 11.8. The number of aromatic nitrogens is 1. The van der Waals surface area contributed by atoms with Crippen LogP contribution in [0.3, 0.4) is 0 Å². The van der Waals surface area contributed by atoms with Gasteiger partial charge < -0.3 is 19.5 Å². The maximum absolute atomic E-state index is 10.4. The Morgan fingerprint density at radius 3 is 3.00 bits per heavy atom. The number of hydrogen-bond donors (Lipinski definition) is 1. The number of nitrogens with zero attached hydrogens (tertiary/aromatic N) is 2. The minimum atomic E-state index is -0.269. The van der Waals surface area contributed by atoms with Crippen molar-refractivity contribution < 1.29 is 14.6 Å². The van der Waals surface area contributed by atoms with E-state index < -0.39 is 0 Å². The molecule has 0 spiro atoms. The summed E-state index contributed by atoms with van der Waals surface area (Å²) in [5, 5.41) is 11.5. The SMILES string of the molecule is COc1ccc2nc(N3CCCC3C3COCCC3O)ccc2c1. The minimum Gasteiger partial charge on any atom is -0.497 e. The highest BCUT2D eigenvalue weighted by atomic mass is 16.5. The van der Waals surface area contributed by atoms with Crippen molar-refractivity contribution in [2.75, 3.05) is 31.8 Å². The van der Waals surface area contributed by atoms with Crippen LogP contribution in [0.4, 0.5) is 5.82 Å². The number of aliphatic hydroxyl groups is 1. The molecule has 1 N–H and O–H groups in total. The van der Waals surface area contributed by atoms with Crippen LogP contribution in [-0.4, -0.2) is 49.1 Å². The molecule has 24 heavy (non-hydrogen) atoms. The van der Waals surface area contributed by atoms with Gasteiger partial charge in [0.1, 0.15) is 11.6 Å². The van der Waals surface area contributed by atoms with E-state index in [1.807, 2.05) is 18.2 Å². The van der Waals surface area contributed by atoms with Gasteiger partial charge in [0.15, 0.2) is 0 Å². The molecule has 0 saturated carbocycles. The van der Waals surface area contributed by atoms with Crippen molar-refractivity contribution in [3.63, 3.8) is 0 Å². The zero-order valence-corrected chi connectivity index (χ0v) is 14.0. The van der Waals surface area contributed by atoms with Crippen LogP contribution in [0.25, 0.3) is 10.9 Å². The minimum absolute atomic E-state index is 0.176. The van der Waals surface area contributed by atoms with Gasteiger partial charge in [0.25, 0.3) is 0 Å². The van der Waals surface area contributed by atoms with Crippen LogP contribution in [-0.2, 0) is 4.74 Å². The molecular formula is C19H24N2O3. The van der Waals surface area contributed by atoms with E-state index in [4.69, 9.17) is 14.5 Å². The Hall–Kier alpha value is -1.85. The van der Waals surface area contributed by atoms with Crippen LogP contribution >= 0.6 is 0 Å². The van der Waals surface area contributed by atoms with E-state index in [-0.39, 0.29) is 12.0 Å². The number of hydrogen-bond acceptors (Lipinski definition) is 5. The van der Waals surface area contributed by atoms with Crippen molar-refractivity contribution in [2.45, 2.75) is 31.4 Å². The quantitative estimate of drug-likeness (QED) is 0.939. The fourth-order valence-electron chi connectivity index (χ4n) is 4.02. The van der Waals surface area contributed by atoms with Crippen LogP contribution in [0.15, 0.2) is 30.3 Å². The van der Waals surface area contributed by atoms with Crippen molar-refractivity contribution in [3.8, 4) is 5.75 Å². The highest BCUT2D eigenvalue weighted by molar-refractivity contribution is 5.82. The summed E-state index contributed by atoms with van der Waals surface area (Å²) in [7, 11) is 1.68. The van der Waals surface area contributed by atoms with Gasteiger partial charge >= 0.3 is 0 Å². The molecule has 2 aromatic rings. The van der Waals surface area contributed by atoms with Crippen LogP contribution in [0.1, 0.15) is 19.3 Å². The smallest absolute Gasteiger partial charge is 0.129 e. The molecule has 2 fully saturated rings. The third-order valence-electron chi connectivity index (χ3n) is 5.33. The topological polar surface area (TPSA) is 54.8 Å². The molecule has 0 aliphatic carbocycles. The first-order valence-electron chi connectivity index (χ1n) is 8.73. The Bertz CT molecular complexity index is 721. The molecule has 2 aliphatic heterocycles. The Kier molecular flexibility index (Phi) is 4.29. The molecule has 5 nitrogen and oxygen atoms in total. The zero-order valence-electron chi connectivity index (χ0n) is 14.0. The lowest BCUT2D eigenvalue weighted by atomic mass is 9.89. The summed E-state index contributed by atoms with van der Waals surface area (Å²) in [6.07, 6.45) is 2.69. The maximum Gasteiger partial charge on any atom is 0.129 e. The van der Waals surface area contributed by atoms with Crippen LogP contribution in [0.2, 0.25) is 0 Å². The van der Waals surface area contributed by atoms with Gasteiger partial charge in [-0.1, -0.05) is 0 Å². The van der Waals surface area contributed by atoms with Gasteiger partial charge in [0.05, 0.1) is 25.3 Å². The van der Waals surface area contributed by atoms with E-state index >= 15 is 0 Å². The number of pyridine rings is 1. The molecule has 4 rings (SSSR count). The van der Waals surface area contributed by atoms with E-state index in [0.717, 1.165) is 48.3 Å². The number of ether oxygens (including phenoxy) is 2. The number of methoxy groups -OCH3 is 1. The predicted octanol–water partition coefficient (Wildman–Crippen LogP) is 2.61. The number of rotatable bonds is 3. The van der Waals surface area contributed by atoms with Crippen LogP contribution < -0.4 is 9.64 Å². The lowest BCUT2D eigenvalue weighted by Crippen LogP contribution is -2.46. The van der Waals surface area contributed by atoms with Crippen molar-refractivity contribution in [1.82, 2.24) is 4.98 Å². The van der Waals surface area contributed by atoms with Gasteiger partial charge in [-0.05, 0) is 49.6 Å². The molecule has 1 aromatic heterocycles. The third kappa shape index (κ3) is 2.82. The van der Waals surface area contributed by atoms with Crippen LogP contribution in [0, 0.1) is 5.92 Å². The molecule has 0 amide bonds. The van der Waals surface area contributed by atoms with Gasteiger partial charge in [-0.25, -0.2) is 4.98 Å². The van der Waals surface area contributed by atoms with E-state index in [1.165, 1.54) is 0 Å². The molecule has 1 aromatic carbocycles. The number of anilines is 1. The monoisotopic (exact) mass is 328 g/mol. The second kappa shape index (κ2) is 6.57. The Morgan fingerprint density at radius 1 is 1.25 bits per heavy atom. The summed E-state index contributed by atoms with van der Waals surface area (Å²) < 4.78 is 10.9. The fourth-order valence-corrected chi connectivity index (χ4v) is 4.02. The largest absolute Gasteiger partial charge is 0.497 e. The summed E-state index contributed by atoms with van der Waals surface area (Å²) in [5.74, 6) is 2.01. The van der Waals surface area contributed by atoms with E-state index in [0.29, 0.717) is 19.3 Å². The fraction of sp³-hybridized carbons (Fsp3) is 0.526. The maximum atomic E-state index is 10.4. The van der Waals surface area contributed by atoms with Crippen molar-refractivity contribution in [2.24, 2.45) is 5.92 Å². The lowest BCUT2D eigenvalue weighted by Gasteiger charge is -2.37. The average molecular weight is 328 g/mol. The van der Waals surface area contributed by atoms with E-state index in [2.05, 4.69) is 17.0 Å². The summed E-state index contributed by atoms with van der Waals surface area (Å²) in [5.41, 5.74) is 0.972. The van der Waals surface area contributed by atoms with Crippen molar-refractivity contribution >= 4 is 16.7 Å². The Labute approximate surface area is 142 Å². The molecule has 5 heteroatoms. The normalized spacial score (nSPS) is 27.6. The molecule has 3 unspecified atom stereocenters. The number of aliphatic hydroxyl groups excluding tert-OH is 1. The number of fused-ring (bicyclic) bond motifs is 1. The second-order valence-electron chi connectivity index (χ2n) is 6.73. The summed E-state index contributed by atoms with van der Waals surface area (Å²) in [6, 6.07) is 10.4. The van der Waals surface area contributed by atoms with Crippen molar-refractivity contribution in [1.29, 1.82) is 0 Å². The Balaban J connectivity index is 1.63. The highest BCUT2D eigenvalue weighted by Gasteiger charge is 2.38. The van der Waals surface area contributed by atoms with E-state index in [1.54, 1.807) is 7.11 Å². The Morgan fingerprint density at radius 2 is 2.17 bits per heavy atom. The number of benzene rings is 1. The van der Waals surface area contributed by atoms with Gasteiger partial charge in [-0.2, -0.15) is 0 Å². The third-order valence-corrected chi connectivity index (χ3v) is 5.33. The summed E-state index contributed by atoms with van der Waals surface area (Å²) >= 11 is 0. The lowest BCUT2D eigenvalue weighted by molar-refractivity contribution is -0.0438. The molecule has 128 valence electrons. The summed E-state index contributed by atoms with van der Waals surface area (Å²) in [6.45, 7) is 2.30. The standard InChI is InChI=1S/C19H24N2O3/c1-23-14-5-6-16-13(11-14)4-7-19(20-16)21-9-2-3-17(21)15-12-24-10-8-18(15)22/h4-7,11,15,17-18,22H,2-3,8-10,12H2,1H3. The molecule has 0 bridgehead atoms. The first-order valence-corrected chi connectivity index (χ1v) is 8.73. The molecule has 2 saturated heterocycles. The summed E-state index contributed by atoms with van der Waals surface area (Å²) in [4.78, 5) is 7.20.